The molecule has 0 saturated heterocycles. The van der Waals surface area contributed by atoms with E-state index in [9.17, 15) is 23.9 Å². The fourth-order valence-electron chi connectivity index (χ4n) is 4.16. The Morgan fingerprint density at radius 2 is 1.29 bits per heavy atom. The van der Waals surface area contributed by atoms with Gasteiger partial charge in [-0.3, -0.25) is 14.4 Å². The number of hydrogen-bond donors (Lipinski definition) is 2. The standard InChI is InChI=1S/C31H27FN2O4/c32-24-16-14-23(15-17-24)21-34(19-18-29(35)36)31(38)28-13-7-5-11-26(28)25-10-4-6-12-27(25)30(37)33-20-22-8-2-1-3-9-22/h1-17H,18-21H2,(H,33,37)(H,35,36). The normalized spacial score (nSPS) is 10.6. The lowest BCUT2D eigenvalue weighted by molar-refractivity contribution is -0.137. The molecule has 2 amide bonds. The van der Waals surface area contributed by atoms with Crippen LogP contribution >= 0.6 is 0 Å². The van der Waals surface area contributed by atoms with E-state index >= 15 is 0 Å². The molecule has 2 N–H and O–H groups in total. The third-order valence-corrected chi connectivity index (χ3v) is 6.08. The van der Waals surface area contributed by atoms with Gasteiger partial charge in [-0.1, -0.05) is 78.9 Å². The Labute approximate surface area is 220 Å². The molecule has 4 aromatic carbocycles. The van der Waals surface area contributed by atoms with E-state index in [1.54, 1.807) is 60.7 Å². The van der Waals surface area contributed by atoms with Crippen molar-refractivity contribution in [1.29, 1.82) is 0 Å². The topological polar surface area (TPSA) is 86.7 Å². The molecule has 0 aliphatic heterocycles. The van der Waals surface area contributed by atoms with Crippen molar-refractivity contribution in [3.63, 3.8) is 0 Å². The Balaban J connectivity index is 1.64. The maximum Gasteiger partial charge on any atom is 0.305 e. The van der Waals surface area contributed by atoms with E-state index in [1.165, 1.54) is 17.0 Å². The molecule has 192 valence electrons. The highest BCUT2D eigenvalue weighted by molar-refractivity contribution is 6.06. The zero-order valence-electron chi connectivity index (χ0n) is 20.6. The van der Waals surface area contributed by atoms with E-state index in [-0.39, 0.29) is 31.3 Å². The van der Waals surface area contributed by atoms with E-state index < -0.39 is 11.8 Å². The van der Waals surface area contributed by atoms with Crippen LogP contribution in [0.2, 0.25) is 0 Å². The summed E-state index contributed by atoms with van der Waals surface area (Å²) < 4.78 is 13.4. The van der Waals surface area contributed by atoms with Crippen LogP contribution in [0.4, 0.5) is 4.39 Å². The molecule has 0 atom stereocenters. The van der Waals surface area contributed by atoms with Crippen molar-refractivity contribution in [3.05, 3.63) is 131 Å². The Kier molecular flexibility index (Phi) is 8.61. The van der Waals surface area contributed by atoms with Crippen LogP contribution in [-0.4, -0.2) is 34.3 Å². The molecule has 0 aliphatic rings. The molecule has 0 spiro atoms. The van der Waals surface area contributed by atoms with Crippen LogP contribution in [0, 0.1) is 5.82 Å². The molecule has 0 saturated carbocycles. The number of carbonyl (C=O) groups is 3. The quantitative estimate of drug-likeness (QED) is 0.293. The first-order valence-corrected chi connectivity index (χ1v) is 12.2. The predicted molar refractivity (Wildman–Crippen MR) is 143 cm³/mol. The third-order valence-electron chi connectivity index (χ3n) is 6.08. The molecule has 0 aliphatic carbocycles. The number of aliphatic carboxylic acids is 1. The summed E-state index contributed by atoms with van der Waals surface area (Å²) in [4.78, 5) is 39.7. The van der Waals surface area contributed by atoms with Gasteiger partial charge in [0.15, 0.2) is 0 Å². The van der Waals surface area contributed by atoms with Crippen LogP contribution in [0.15, 0.2) is 103 Å². The Hall–Kier alpha value is -4.78. The first-order chi connectivity index (χ1) is 18.4. The van der Waals surface area contributed by atoms with Crippen molar-refractivity contribution in [2.75, 3.05) is 6.54 Å². The molecule has 38 heavy (non-hydrogen) atoms. The van der Waals surface area contributed by atoms with Gasteiger partial charge >= 0.3 is 5.97 Å². The summed E-state index contributed by atoms with van der Waals surface area (Å²) in [6.45, 7) is 0.439. The fourth-order valence-corrected chi connectivity index (χ4v) is 4.16. The van der Waals surface area contributed by atoms with Crippen LogP contribution in [0.5, 0.6) is 0 Å². The zero-order valence-corrected chi connectivity index (χ0v) is 20.6. The average Bonchev–Trinajstić information content (AvgIpc) is 2.95. The van der Waals surface area contributed by atoms with Gasteiger partial charge in [0.25, 0.3) is 11.8 Å². The lowest BCUT2D eigenvalue weighted by Crippen LogP contribution is -2.33. The molecule has 7 heteroatoms. The summed E-state index contributed by atoms with van der Waals surface area (Å²) in [5, 5.41) is 12.2. The van der Waals surface area contributed by atoms with Gasteiger partial charge in [0.05, 0.1) is 6.42 Å². The highest BCUT2D eigenvalue weighted by atomic mass is 19.1. The molecular weight excluding hydrogens is 483 g/mol. The minimum Gasteiger partial charge on any atom is -0.481 e. The van der Waals surface area contributed by atoms with Gasteiger partial charge in [0.1, 0.15) is 5.82 Å². The van der Waals surface area contributed by atoms with Crippen molar-refractivity contribution in [1.82, 2.24) is 10.2 Å². The summed E-state index contributed by atoms with van der Waals surface area (Å²) >= 11 is 0. The molecule has 0 heterocycles. The molecule has 0 unspecified atom stereocenters. The number of nitrogens with zero attached hydrogens (tertiary/aromatic N) is 1. The maximum atomic E-state index is 13.8. The highest BCUT2D eigenvalue weighted by Gasteiger charge is 2.23. The number of carboxylic acid groups (broad SMARTS) is 1. The number of halogens is 1. The number of hydrogen-bond acceptors (Lipinski definition) is 3. The lowest BCUT2D eigenvalue weighted by Gasteiger charge is -2.24. The minimum absolute atomic E-state index is 0.0287. The summed E-state index contributed by atoms with van der Waals surface area (Å²) in [6.07, 6.45) is -0.242. The first kappa shape index (κ1) is 26.3. The van der Waals surface area contributed by atoms with Crippen LogP contribution in [0.3, 0.4) is 0 Å². The van der Waals surface area contributed by atoms with E-state index in [0.717, 1.165) is 5.56 Å². The fraction of sp³-hybridized carbons (Fsp3) is 0.129. The molecule has 0 fully saturated rings. The number of carboxylic acids is 1. The Bertz CT molecular complexity index is 1420. The maximum absolute atomic E-state index is 13.8. The van der Waals surface area contributed by atoms with Crippen molar-refractivity contribution < 1.29 is 23.9 Å². The number of rotatable bonds is 10. The van der Waals surface area contributed by atoms with Crippen LogP contribution < -0.4 is 5.32 Å². The summed E-state index contributed by atoms with van der Waals surface area (Å²) in [5.74, 6) is -2.09. The first-order valence-electron chi connectivity index (χ1n) is 12.2. The van der Waals surface area contributed by atoms with Crippen LogP contribution in [0.1, 0.15) is 38.3 Å². The number of amides is 2. The Morgan fingerprint density at radius 3 is 1.95 bits per heavy atom. The van der Waals surface area contributed by atoms with Gasteiger partial charge in [-0.25, -0.2) is 4.39 Å². The second kappa shape index (κ2) is 12.5. The van der Waals surface area contributed by atoms with Gasteiger partial charge in [-0.05, 0) is 46.5 Å². The van der Waals surface area contributed by atoms with E-state index in [0.29, 0.717) is 34.4 Å². The largest absolute Gasteiger partial charge is 0.481 e. The number of nitrogens with one attached hydrogen (secondary N) is 1. The molecule has 0 radical (unpaired) electrons. The average molecular weight is 511 g/mol. The van der Waals surface area contributed by atoms with Gasteiger partial charge in [-0.15, -0.1) is 0 Å². The van der Waals surface area contributed by atoms with Crippen LogP contribution in [0.25, 0.3) is 11.1 Å². The zero-order chi connectivity index (χ0) is 26.9. The molecule has 0 bridgehead atoms. The molecule has 4 rings (SSSR count). The van der Waals surface area contributed by atoms with Crippen molar-refractivity contribution in [2.24, 2.45) is 0 Å². The van der Waals surface area contributed by atoms with Gasteiger partial charge < -0.3 is 15.3 Å². The lowest BCUT2D eigenvalue weighted by atomic mass is 9.94. The summed E-state index contributed by atoms with van der Waals surface area (Å²) in [7, 11) is 0. The molecular formula is C31H27FN2O4. The molecule has 4 aromatic rings. The van der Waals surface area contributed by atoms with Gasteiger partial charge in [0, 0.05) is 30.8 Å². The summed E-state index contributed by atoms with van der Waals surface area (Å²) in [5.41, 5.74) is 3.53. The minimum atomic E-state index is -1.03. The van der Waals surface area contributed by atoms with Gasteiger partial charge in [0.2, 0.25) is 0 Å². The monoisotopic (exact) mass is 510 g/mol. The van der Waals surface area contributed by atoms with Crippen molar-refractivity contribution >= 4 is 17.8 Å². The second-order valence-corrected chi connectivity index (χ2v) is 8.76. The van der Waals surface area contributed by atoms with Crippen molar-refractivity contribution in [3.8, 4) is 11.1 Å². The third kappa shape index (κ3) is 6.70. The van der Waals surface area contributed by atoms with Crippen LogP contribution in [-0.2, 0) is 17.9 Å². The highest BCUT2D eigenvalue weighted by Crippen LogP contribution is 2.29. The van der Waals surface area contributed by atoms with Gasteiger partial charge in [-0.2, -0.15) is 0 Å². The second-order valence-electron chi connectivity index (χ2n) is 8.76. The van der Waals surface area contributed by atoms with Crippen molar-refractivity contribution in [2.45, 2.75) is 19.5 Å². The van der Waals surface area contributed by atoms with E-state index in [2.05, 4.69) is 5.32 Å². The van der Waals surface area contributed by atoms with E-state index in [1.807, 2.05) is 30.3 Å². The smallest absolute Gasteiger partial charge is 0.305 e. The number of carbonyl (C=O) groups excluding carboxylic acids is 2. The number of benzene rings is 4. The SMILES string of the molecule is O=C(O)CCN(Cc1ccc(F)cc1)C(=O)c1ccccc1-c1ccccc1C(=O)NCc1ccccc1. The predicted octanol–water partition coefficient (Wildman–Crippen LogP) is 5.54. The summed E-state index contributed by atoms with van der Waals surface area (Å²) in [6, 6.07) is 29.3. The molecule has 6 nitrogen and oxygen atoms in total. The molecule has 0 aromatic heterocycles. The van der Waals surface area contributed by atoms with E-state index in [4.69, 9.17) is 0 Å². The Morgan fingerprint density at radius 1 is 0.711 bits per heavy atom.